The fourth-order valence-electron chi connectivity index (χ4n) is 2.22. The standard InChI is InChI=1S/C14H23N5O2/c1-4-6-17-14(20)19-9-5-11(10-19)21-13-12(18(2)3)15-7-8-16-13/h7-8,11H,4-6,9-10H2,1-3H3,(H,17,20). The molecule has 0 aliphatic carbocycles. The van der Waals surface area contributed by atoms with Gasteiger partial charge in [-0.1, -0.05) is 6.92 Å². The summed E-state index contributed by atoms with van der Waals surface area (Å²) >= 11 is 0. The first-order chi connectivity index (χ1) is 10.1. The maximum atomic E-state index is 11.9. The molecule has 1 aromatic rings. The number of carbonyl (C=O) groups excluding carboxylic acids is 1. The first-order valence-corrected chi connectivity index (χ1v) is 7.29. The van der Waals surface area contributed by atoms with E-state index in [0.29, 0.717) is 31.3 Å². The minimum absolute atomic E-state index is 0.0186. The van der Waals surface area contributed by atoms with E-state index in [1.54, 1.807) is 17.3 Å². The van der Waals surface area contributed by atoms with Crippen LogP contribution in [0.5, 0.6) is 5.88 Å². The van der Waals surface area contributed by atoms with E-state index in [4.69, 9.17) is 4.74 Å². The highest BCUT2D eigenvalue weighted by Gasteiger charge is 2.28. The second-order valence-electron chi connectivity index (χ2n) is 5.29. The molecule has 2 rings (SSSR count). The molecule has 0 spiro atoms. The summed E-state index contributed by atoms with van der Waals surface area (Å²) < 4.78 is 5.92. The van der Waals surface area contributed by atoms with Crippen molar-refractivity contribution >= 4 is 11.8 Å². The SMILES string of the molecule is CCCNC(=O)N1CCC(Oc2nccnc2N(C)C)C1. The summed E-state index contributed by atoms with van der Waals surface area (Å²) in [4.78, 5) is 24.0. The molecule has 0 radical (unpaired) electrons. The largest absolute Gasteiger partial charge is 0.470 e. The van der Waals surface area contributed by atoms with Gasteiger partial charge in [-0.2, -0.15) is 0 Å². The van der Waals surface area contributed by atoms with E-state index >= 15 is 0 Å². The molecule has 1 aliphatic heterocycles. The highest BCUT2D eigenvalue weighted by Crippen LogP contribution is 2.24. The zero-order chi connectivity index (χ0) is 15.2. The van der Waals surface area contributed by atoms with Gasteiger partial charge in [0.1, 0.15) is 6.10 Å². The predicted molar refractivity (Wildman–Crippen MR) is 80.7 cm³/mol. The van der Waals surface area contributed by atoms with E-state index in [1.165, 1.54) is 0 Å². The lowest BCUT2D eigenvalue weighted by atomic mass is 10.3. The summed E-state index contributed by atoms with van der Waals surface area (Å²) in [6, 6.07) is -0.0186. The maximum Gasteiger partial charge on any atom is 0.317 e. The number of nitrogens with one attached hydrogen (secondary N) is 1. The Hall–Kier alpha value is -2.05. The van der Waals surface area contributed by atoms with Gasteiger partial charge >= 0.3 is 6.03 Å². The van der Waals surface area contributed by atoms with E-state index in [0.717, 1.165) is 12.8 Å². The average molecular weight is 293 g/mol. The Bertz CT molecular complexity index is 480. The molecule has 2 heterocycles. The number of urea groups is 1. The van der Waals surface area contributed by atoms with Crippen molar-refractivity contribution in [3.8, 4) is 5.88 Å². The van der Waals surface area contributed by atoms with E-state index in [9.17, 15) is 4.79 Å². The summed E-state index contributed by atoms with van der Waals surface area (Å²) in [5, 5.41) is 2.88. The minimum atomic E-state index is -0.0345. The van der Waals surface area contributed by atoms with Crippen molar-refractivity contribution in [1.29, 1.82) is 0 Å². The molecule has 1 N–H and O–H groups in total. The van der Waals surface area contributed by atoms with Gasteiger partial charge in [-0.3, -0.25) is 0 Å². The molecule has 2 amide bonds. The van der Waals surface area contributed by atoms with Gasteiger partial charge in [0.05, 0.1) is 6.54 Å². The van der Waals surface area contributed by atoms with Gasteiger partial charge in [0.2, 0.25) is 0 Å². The number of likely N-dealkylation sites (tertiary alicyclic amines) is 1. The lowest BCUT2D eigenvalue weighted by molar-refractivity contribution is 0.183. The Labute approximate surface area is 125 Å². The first kappa shape index (κ1) is 15.3. The van der Waals surface area contributed by atoms with Crippen LogP contribution in [0.25, 0.3) is 0 Å². The van der Waals surface area contributed by atoms with Crippen molar-refractivity contribution in [1.82, 2.24) is 20.2 Å². The average Bonchev–Trinajstić information content (AvgIpc) is 2.93. The molecule has 1 aromatic heterocycles. The fraction of sp³-hybridized carbons (Fsp3) is 0.643. The van der Waals surface area contributed by atoms with Gasteiger partial charge in [-0.15, -0.1) is 0 Å². The number of aromatic nitrogens is 2. The third-order valence-corrected chi connectivity index (χ3v) is 3.31. The van der Waals surface area contributed by atoms with Gasteiger partial charge in [0.25, 0.3) is 5.88 Å². The van der Waals surface area contributed by atoms with E-state index in [1.807, 2.05) is 25.9 Å². The maximum absolute atomic E-state index is 11.9. The number of anilines is 1. The van der Waals surface area contributed by atoms with Crippen molar-refractivity contribution in [3.63, 3.8) is 0 Å². The van der Waals surface area contributed by atoms with E-state index in [-0.39, 0.29) is 12.1 Å². The van der Waals surface area contributed by atoms with Crippen LogP contribution < -0.4 is 15.0 Å². The van der Waals surface area contributed by atoms with Crippen molar-refractivity contribution in [3.05, 3.63) is 12.4 Å². The Morgan fingerprint density at radius 1 is 1.48 bits per heavy atom. The summed E-state index contributed by atoms with van der Waals surface area (Å²) in [6.07, 6.45) is 4.96. The van der Waals surface area contributed by atoms with Crippen LogP contribution in [0.2, 0.25) is 0 Å². The lowest BCUT2D eigenvalue weighted by Gasteiger charge is -2.19. The zero-order valence-corrected chi connectivity index (χ0v) is 12.9. The number of carbonyl (C=O) groups is 1. The van der Waals surface area contributed by atoms with Crippen LogP contribution in [-0.2, 0) is 0 Å². The van der Waals surface area contributed by atoms with Gasteiger partial charge in [0, 0.05) is 46.0 Å². The van der Waals surface area contributed by atoms with Gasteiger partial charge < -0.3 is 19.9 Å². The quantitative estimate of drug-likeness (QED) is 0.881. The van der Waals surface area contributed by atoms with Gasteiger partial charge in [0.15, 0.2) is 5.82 Å². The smallest absolute Gasteiger partial charge is 0.317 e. The number of rotatable bonds is 5. The third-order valence-electron chi connectivity index (χ3n) is 3.31. The summed E-state index contributed by atoms with van der Waals surface area (Å²) in [6.45, 7) is 4.03. The van der Waals surface area contributed by atoms with Crippen LogP contribution in [0.4, 0.5) is 10.6 Å². The molecule has 0 aromatic carbocycles. The van der Waals surface area contributed by atoms with Crippen LogP contribution in [0.3, 0.4) is 0 Å². The van der Waals surface area contributed by atoms with Crippen LogP contribution in [0.15, 0.2) is 12.4 Å². The second kappa shape index (κ2) is 7.10. The summed E-state index contributed by atoms with van der Waals surface area (Å²) in [5.41, 5.74) is 0. The van der Waals surface area contributed by atoms with Crippen molar-refractivity contribution in [2.24, 2.45) is 0 Å². The highest BCUT2D eigenvalue weighted by molar-refractivity contribution is 5.74. The molecule has 21 heavy (non-hydrogen) atoms. The summed E-state index contributed by atoms with van der Waals surface area (Å²) in [7, 11) is 3.80. The molecule has 7 nitrogen and oxygen atoms in total. The molecule has 0 bridgehead atoms. The minimum Gasteiger partial charge on any atom is -0.470 e. The number of amides is 2. The molecule has 1 fully saturated rings. The lowest BCUT2D eigenvalue weighted by Crippen LogP contribution is -2.39. The van der Waals surface area contributed by atoms with Crippen molar-refractivity contribution < 1.29 is 9.53 Å². The van der Waals surface area contributed by atoms with Crippen LogP contribution >= 0.6 is 0 Å². The molecule has 7 heteroatoms. The molecule has 0 saturated carbocycles. The number of hydrogen-bond donors (Lipinski definition) is 1. The Balaban J connectivity index is 1.92. The van der Waals surface area contributed by atoms with Gasteiger partial charge in [-0.05, 0) is 6.42 Å². The van der Waals surface area contributed by atoms with Crippen LogP contribution in [0.1, 0.15) is 19.8 Å². The zero-order valence-electron chi connectivity index (χ0n) is 12.9. The predicted octanol–water partition coefficient (Wildman–Crippen LogP) is 1.12. The molecular weight excluding hydrogens is 270 g/mol. The molecule has 1 unspecified atom stereocenters. The molecule has 1 atom stereocenters. The Morgan fingerprint density at radius 2 is 2.24 bits per heavy atom. The Morgan fingerprint density at radius 3 is 2.95 bits per heavy atom. The number of ether oxygens (including phenoxy) is 1. The number of hydrogen-bond acceptors (Lipinski definition) is 5. The van der Waals surface area contributed by atoms with Gasteiger partial charge in [-0.25, -0.2) is 14.8 Å². The normalized spacial score (nSPS) is 17.7. The van der Waals surface area contributed by atoms with Crippen LogP contribution in [0, 0.1) is 0 Å². The third kappa shape index (κ3) is 3.96. The van der Waals surface area contributed by atoms with E-state index in [2.05, 4.69) is 15.3 Å². The molecule has 1 aliphatic rings. The van der Waals surface area contributed by atoms with Crippen molar-refractivity contribution in [2.45, 2.75) is 25.9 Å². The van der Waals surface area contributed by atoms with Crippen molar-refractivity contribution in [2.75, 3.05) is 38.6 Å². The fourth-order valence-corrected chi connectivity index (χ4v) is 2.22. The first-order valence-electron chi connectivity index (χ1n) is 7.29. The highest BCUT2D eigenvalue weighted by atomic mass is 16.5. The number of nitrogens with zero attached hydrogens (tertiary/aromatic N) is 4. The Kier molecular flexibility index (Phi) is 5.19. The van der Waals surface area contributed by atoms with Crippen LogP contribution in [-0.4, -0.2) is 60.7 Å². The second-order valence-corrected chi connectivity index (χ2v) is 5.29. The summed E-state index contributed by atoms with van der Waals surface area (Å²) in [5.74, 6) is 1.22. The molecular formula is C14H23N5O2. The molecule has 116 valence electrons. The monoisotopic (exact) mass is 293 g/mol. The molecule has 1 saturated heterocycles. The van der Waals surface area contributed by atoms with E-state index < -0.39 is 0 Å². The topological polar surface area (TPSA) is 70.6 Å².